The van der Waals surface area contributed by atoms with Gasteiger partial charge in [-0.2, -0.15) is 13.2 Å². The van der Waals surface area contributed by atoms with Gasteiger partial charge < -0.3 is 10.4 Å². The fourth-order valence-electron chi connectivity index (χ4n) is 4.09. The molecule has 3 aromatic rings. The monoisotopic (exact) mass is 478 g/mol. The number of halogens is 3. The lowest BCUT2D eigenvalue weighted by Gasteiger charge is -2.24. The average molecular weight is 479 g/mol. The predicted molar refractivity (Wildman–Crippen MR) is 120 cm³/mol. The van der Waals surface area contributed by atoms with Crippen molar-refractivity contribution in [2.45, 2.75) is 64.1 Å². The molecule has 1 aliphatic rings. The van der Waals surface area contributed by atoms with Crippen LogP contribution in [-0.4, -0.2) is 26.0 Å². The topological polar surface area (TPSA) is 88.0 Å². The van der Waals surface area contributed by atoms with Crippen LogP contribution in [0.4, 0.5) is 18.9 Å². The number of fused-ring (bicyclic) bond motifs is 1. The normalized spacial score (nSPS) is 19.6. The minimum absolute atomic E-state index is 0.305. The molecule has 0 saturated heterocycles. The van der Waals surface area contributed by atoms with Crippen molar-refractivity contribution in [3.05, 3.63) is 46.5 Å². The van der Waals surface area contributed by atoms with E-state index in [-0.39, 0.29) is 0 Å². The second-order valence-electron chi connectivity index (χ2n) is 9.15. The number of nitrogens with one attached hydrogen (secondary N) is 1. The molecule has 1 amide bonds. The molecule has 1 saturated carbocycles. The molecule has 0 unspecified atom stereocenters. The summed E-state index contributed by atoms with van der Waals surface area (Å²) in [6, 6.07) is 4.57. The third-order valence-electron chi connectivity index (χ3n) is 5.96. The maximum Gasteiger partial charge on any atom is 0.451 e. The summed E-state index contributed by atoms with van der Waals surface area (Å²) in [5.74, 6) is -1.09. The van der Waals surface area contributed by atoms with E-state index < -0.39 is 29.2 Å². The number of rotatable bonds is 4. The number of aliphatic hydroxyl groups is 1. The summed E-state index contributed by atoms with van der Waals surface area (Å²) in [5.41, 5.74) is -0.281. The van der Waals surface area contributed by atoms with E-state index in [0.717, 1.165) is 59.1 Å². The SMILES string of the molecule is CC(C)(O)c1cc2nc([C@H]3CC[C@H](C)CC3)sc2cc1NC(=O)c1ccnc(C(F)(F)F)n1. The largest absolute Gasteiger partial charge is 0.451 e. The van der Waals surface area contributed by atoms with Crippen LogP contribution in [0.5, 0.6) is 0 Å². The number of benzene rings is 1. The minimum atomic E-state index is -4.76. The maximum absolute atomic E-state index is 12.9. The Bertz CT molecular complexity index is 1180. The zero-order chi connectivity index (χ0) is 24.0. The Morgan fingerprint density at radius 1 is 1.15 bits per heavy atom. The first-order valence-corrected chi connectivity index (χ1v) is 11.6. The number of anilines is 1. The Hall–Kier alpha value is -2.59. The van der Waals surface area contributed by atoms with Crippen LogP contribution in [0, 0.1) is 5.92 Å². The zero-order valence-electron chi connectivity index (χ0n) is 18.5. The van der Waals surface area contributed by atoms with Gasteiger partial charge in [0.2, 0.25) is 5.82 Å². The number of thiazole rings is 1. The third kappa shape index (κ3) is 5.16. The molecule has 0 radical (unpaired) electrons. The van der Waals surface area contributed by atoms with Gasteiger partial charge in [0.1, 0.15) is 5.69 Å². The first kappa shape index (κ1) is 23.6. The maximum atomic E-state index is 12.9. The molecule has 6 nitrogen and oxygen atoms in total. The summed E-state index contributed by atoms with van der Waals surface area (Å²) in [5, 5.41) is 14.4. The van der Waals surface area contributed by atoms with Crippen molar-refractivity contribution in [1.82, 2.24) is 15.0 Å². The van der Waals surface area contributed by atoms with E-state index in [1.807, 2.05) is 0 Å². The van der Waals surface area contributed by atoms with Crippen LogP contribution in [0.15, 0.2) is 24.4 Å². The van der Waals surface area contributed by atoms with Crippen molar-refractivity contribution < 1.29 is 23.1 Å². The molecule has 4 rings (SSSR count). The molecule has 2 N–H and O–H groups in total. The molecule has 0 spiro atoms. The van der Waals surface area contributed by atoms with Gasteiger partial charge >= 0.3 is 6.18 Å². The standard InChI is InChI=1S/C23H25F3N4O2S/c1-12-4-6-13(7-5-12)20-29-17-10-14(22(2,3)32)16(11-18(17)33-20)28-19(31)15-8-9-27-21(30-15)23(24,25)26/h8-13,32H,4-7H2,1-3H3,(H,28,31)/t12-,13-. The van der Waals surface area contributed by atoms with E-state index in [1.54, 1.807) is 37.3 Å². The molecule has 0 aliphatic heterocycles. The van der Waals surface area contributed by atoms with Crippen molar-refractivity contribution in [1.29, 1.82) is 0 Å². The van der Waals surface area contributed by atoms with Crippen LogP contribution in [0.1, 0.15) is 79.3 Å². The Labute approximate surface area is 193 Å². The molecule has 0 atom stereocenters. The first-order valence-electron chi connectivity index (χ1n) is 10.8. The molecule has 176 valence electrons. The molecule has 1 aliphatic carbocycles. The number of carbonyl (C=O) groups is 1. The second kappa shape index (κ2) is 8.64. The molecule has 2 heterocycles. The lowest BCUT2D eigenvalue weighted by atomic mass is 9.83. The van der Waals surface area contributed by atoms with Crippen molar-refractivity contribution >= 4 is 33.1 Å². The van der Waals surface area contributed by atoms with Gasteiger partial charge in [0.05, 0.1) is 20.8 Å². The summed E-state index contributed by atoms with van der Waals surface area (Å²) >= 11 is 1.55. The molecule has 2 aromatic heterocycles. The number of nitrogens with zero attached hydrogens (tertiary/aromatic N) is 3. The number of hydrogen-bond donors (Lipinski definition) is 2. The van der Waals surface area contributed by atoms with E-state index in [2.05, 4.69) is 22.2 Å². The van der Waals surface area contributed by atoms with Gasteiger partial charge in [0, 0.05) is 23.4 Å². The van der Waals surface area contributed by atoms with Crippen molar-refractivity contribution in [3.63, 3.8) is 0 Å². The van der Waals surface area contributed by atoms with E-state index in [1.165, 1.54) is 0 Å². The summed E-state index contributed by atoms with van der Waals surface area (Å²) in [7, 11) is 0. The first-order chi connectivity index (χ1) is 15.4. The summed E-state index contributed by atoms with van der Waals surface area (Å²) < 4.78 is 39.6. The van der Waals surface area contributed by atoms with Crippen LogP contribution in [0.25, 0.3) is 10.2 Å². The highest BCUT2D eigenvalue weighted by Gasteiger charge is 2.35. The molecule has 10 heteroatoms. The summed E-state index contributed by atoms with van der Waals surface area (Å²) in [6.07, 6.45) is 0.621. The molecular weight excluding hydrogens is 453 g/mol. The average Bonchev–Trinajstić information content (AvgIpc) is 3.15. The predicted octanol–water partition coefficient (Wildman–Crippen LogP) is 5.88. The number of carbonyl (C=O) groups excluding carboxylic acids is 1. The van der Waals surface area contributed by atoms with Gasteiger partial charge in [-0.05, 0) is 50.8 Å². The highest BCUT2D eigenvalue weighted by molar-refractivity contribution is 7.18. The van der Waals surface area contributed by atoms with E-state index in [4.69, 9.17) is 4.98 Å². The van der Waals surface area contributed by atoms with Crippen molar-refractivity contribution in [3.8, 4) is 0 Å². The van der Waals surface area contributed by atoms with Crippen LogP contribution < -0.4 is 5.32 Å². The van der Waals surface area contributed by atoms with Crippen LogP contribution in [-0.2, 0) is 11.8 Å². The Morgan fingerprint density at radius 2 is 1.85 bits per heavy atom. The fourth-order valence-corrected chi connectivity index (χ4v) is 5.25. The van der Waals surface area contributed by atoms with Crippen LogP contribution in [0.2, 0.25) is 0 Å². The fraction of sp³-hybridized carbons (Fsp3) is 0.478. The lowest BCUT2D eigenvalue weighted by Crippen LogP contribution is -2.22. The van der Waals surface area contributed by atoms with Gasteiger partial charge in [0.15, 0.2) is 0 Å². The van der Waals surface area contributed by atoms with Crippen LogP contribution >= 0.6 is 11.3 Å². The van der Waals surface area contributed by atoms with E-state index in [0.29, 0.717) is 17.2 Å². The Morgan fingerprint density at radius 3 is 2.48 bits per heavy atom. The summed E-state index contributed by atoms with van der Waals surface area (Å²) in [4.78, 5) is 24.1. The second-order valence-corrected chi connectivity index (χ2v) is 10.2. The van der Waals surface area contributed by atoms with Gasteiger partial charge in [-0.25, -0.2) is 15.0 Å². The van der Waals surface area contributed by atoms with Gasteiger partial charge in [0.25, 0.3) is 5.91 Å². The molecule has 33 heavy (non-hydrogen) atoms. The van der Waals surface area contributed by atoms with E-state index >= 15 is 0 Å². The van der Waals surface area contributed by atoms with Gasteiger partial charge in [-0.1, -0.05) is 19.8 Å². The zero-order valence-corrected chi connectivity index (χ0v) is 19.3. The molecule has 1 fully saturated rings. The molecule has 1 aromatic carbocycles. The molecule has 0 bridgehead atoms. The van der Waals surface area contributed by atoms with Crippen molar-refractivity contribution in [2.75, 3.05) is 5.32 Å². The third-order valence-corrected chi connectivity index (χ3v) is 7.14. The quantitative estimate of drug-likeness (QED) is 0.489. The Kier molecular flexibility index (Phi) is 6.17. The van der Waals surface area contributed by atoms with Crippen LogP contribution in [0.3, 0.4) is 0 Å². The van der Waals surface area contributed by atoms with Gasteiger partial charge in [-0.15, -0.1) is 11.3 Å². The highest BCUT2D eigenvalue weighted by Crippen LogP contribution is 2.41. The number of alkyl halides is 3. The minimum Gasteiger partial charge on any atom is -0.386 e. The van der Waals surface area contributed by atoms with E-state index in [9.17, 15) is 23.1 Å². The Balaban J connectivity index is 1.68. The summed E-state index contributed by atoms with van der Waals surface area (Å²) in [6.45, 7) is 5.41. The smallest absolute Gasteiger partial charge is 0.386 e. The number of aromatic nitrogens is 3. The number of hydrogen-bond acceptors (Lipinski definition) is 6. The molecular formula is C23H25F3N4O2S. The lowest BCUT2D eigenvalue weighted by molar-refractivity contribution is -0.145. The van der Waals surface area contributed by atoms with Crippen molar-refractivity contribution in [2.24, 2.45) is 5.92 Å². The number of amides is 1. The van der Waals surface area contributed by atoms with Gasteiger partial charge in [-0.3, -0.25) is 4.79 Å². The highest BCUT2D eigenvalue weighted by atomic mass is 32.1.